The van der Waals surface area contributed by atoms with Crippen LogP contribution in [0, 0.1) is 5.41 Å². The molecule has 2 rings (SSSR count). The molecular weight excluding hydrogens is 270 g/mol. The third-order valence-corrected chi connectivity index (χ3v) is 3.62. The van der Waals surface area contributed by atoms with Gasteiger partial charge in [-0.25, -0.2) is 4.90 Å². The maximum absolute atomic E-state index is 12.3. The molecule has 1 aromatic carbocycles. The van der Waals surface area contributed by atoms with Gasteiger partial charge in [-0.2, -0.15) is 0 Å². The number of amides is 3. The number of rotatable bonds is 5. The minimum atomic E-state index is -0.774. The number of carbonyl (C=O) groups excluding carboxylic acids is 3. The Morgan fingerprint density at radius 1 is 1.33 bits per heavy atom. The number of anilines is 1. The topological polar surface area (TPSA) is 92.5 Å². The van der Waals surface area contributed by atoms with E-state index in [9.17, 15) is 14.4 Å². The summed E-state index contributed by atoms with van der Waals surface area (Å²) in [4.78, 5) is 36.8. The van der Waals surface area contributed by atoms with Crippen molar-refractivity contribution in [3.05, 3.63) is 30.3 Å². The molecule has 1 saturated heterocycles. The van der Waals surface area contributed by atoms with Crippen molar-refractivity contribution in [2.45, 2.75) is 26.3 Å². The fraction of sp³-hybridized carbons (Fsp3) is 0.400. The van der Waals surface area contributed by atoms with E-state index in [-0.39, 0.29) is 24.8 Å². The highest BCUT2D eigenvalue weighted by atomic mass is 16.2. The Hall–Kier alpha value is -2.21. The van der Waals surface area contributed by atoms with Crippen LogP contribution in [-0.2, 0) is 14.4 Å². The van der Waals surface area contributed by atoms with Crippen molar-refractivity contribution in [3.63, 3.8) is 0 Å². The first kappa shape index (κ1) is 15.2. The summed E-state index contributed by atoms with van der Waals surface area (Å²) in [5.74, 6) is -1.00. The minimum absolute atomic E-state index is 0.0859. The molecule has 1 aliphatic heterocycles. The first-order chi connectivity index (χ1) is 9.83. The summed E-state index contributed by atoms with van der Waals surface area (Å²) in [5.41, 5.74) is 5.08. The lowest BCUT2D eigenvalue weighted by molar-refractivity contribution is -0.126. The number of nitrogens with zero attached hydrogens (tertiary/aromatic N) is 1. The summed E-state index contributed by atoms with van der Waals surface area (Å²) < 4.78 is 0. The monoisotopic (exact) mass is 289 g/mol. The van der Waals surface area contributed by atoms with Gasteiger partial charge >= 0.3 is 0 Å². The van der Waals surface area contributed by atoms with Gasteiger partial charge in [0.25, 0.3) is 5.91 Å². The van der Waals surface area contributed by atoms with Crippen LogP contribution in [0.3, 0.4) is 0 Å². The van der Waals surface area contributed by atoms with Gasteiger partial charge in [0.2, 0.25) is 11.8 Å². The van der Waals surface area contributed by atoms with E-state index in [1.54, 1.807) is 38.1 Å². The maximum Gasteiger partial charge on any atom is 0.251 e. The molecule has 0 spiro atoms. The molecule has 1 heterocycles. The van der Waals surface area contributed by atoms with Crippen LogP contribution >= 0.6 is 0 Å². The van der Waals surface area contributed by atoms with Crippen molar-refractivity contribution < 1.29 is 14.4 Å². The summed E-state index contributed by atoms with van der Waals surface area (Å²) in [7, 11) is 0. The minimum Gasteiger partial charge on any atom is -0.369 e. The highest BCUT2D eigenvalue weighted by Crippen LogP contribution is 2.23. The first-order valence-electron chi connectivity index (χ1n) is 6.78. The molecule has 0 saturated carbocycles. The Morgan fingerprint density at radius 2 is 1.95 bits per heavy atom. The number of imide groups is 1. The van der Waals surface area contributed by atoms with Gasteiger partial charge in [0.05, 0.1) is 23.6 Å². The number of benzene rings is 1. The quantitative estimate of drug-likeness (QED) is 0.768. The molecule has 0 aromatic heterocycles. The van der Waals surface area contributed by atoms with Crippen LogP contribution in [0.1, 0.15) is 20.3 Å². The second-order valence-electron chi connectivity index (χ2n) is 5.79. The maximum atomic E-state index is 12.3. The Balaban J connectivity index is 2.07. The highest BCUT2D eigenvalue weighted by Gasteiger charge is 2.40. The molecule has 6 nitrogen and oxygen atoms in total. The Morgan fingerprint density at radius 3 is 2.52 bits per heavy atom. The van der Waals surface area contributed by atoms with Crippen LogP contribution in [0.2, 0.25) is 0 Å². The summed E-state index contributed by atoms with van der Waals surface area (Å²) in [6.07, 6.45) is 0.0859. The molecule has 6 heteroatoms. The number of primary amides is 1. The van der Waals surface area contributed by atoms with Crippen molar-refractivity contribution in [1.82, 2.24) is 5.32 Å². The SMILES string of the molecule is CC(C)(CNC1CC(=O)N(c2ccccc2)C1=O)C(N)=O. The molecule has 1 unspecified atom stereocenters. The van der Waals surface area contributed by atoms with Crippen molar-refractivity contribution in [2.24, 2.45) is 11.1 Å². The Labute approximate surface area is 123 Å². The largest absolute Gasteiger partial charge is 0.369 e. The van der Waals surface area contributed by atoms with Gasteiger partial charge in [0.1, 0.15) is 0 Å². The molecule has 1 atom stereocenters. The number of carbonyl (C=O) groups is 3. The van der Waals surface area contributed by atoms with Gasteiger partial charge in [-0.3, -0.25) is 14.4 Å². The Kier molecular flexibility index (Phi) is 4.09. The van der Waals surface area contributed by atoms with Gasteiger partial charge in [-0.1, -0.05) is 18.2 Å². The molecule has 21 heavy (non-hydrogen) atoms. The van der Waals surface area contributed by atoms with Crippen molar-refractivity contribution in [2.75, 3.05) is 11.4 Å². The number of nitrogens with two attached hydrogens (primary N) is 1. The van der Waals surface area contributed by atoms with Crippen LogP contribution in [0.25, 0.3) is 0 Å². The average molecular weight is 289 g/mol. The van der Waals surface area contributed by atoms with Crippen molar-refractivity contribution >= 4 is 23.4 Å². The Bertz CT molecular complexity index is 569. The normalized spacial score (nSPS) is 19.1. The molecule has 0 bridgehead atoms. The molecule has 0 aliphatic carbocycles. The second kappa shape index (κ2) is 5.65. The van der Waals surface area contributed by atoms with Gasteiger partial charge < -0.3 is 11.1 Å². The van der Waals surface area contributed by atoms with E-state index in [1.807, 2.05) is 6.07 Å². The number of hydrogen-bond acceptors (Lipinski definition) is 4. The zero-order valence-electron chi connectivity index (χ0n) is 12.1. The van der Waals surface area contributed by atoms with Crippen LogP contribution in [0.5, 0.6) is 0 Å². The van der Waals surface area contributed by atoms with Crippen LogP contribution < -0.4 is 16.0 Å². The molecule has 1 fully saturated rings. The van der Waals surface area contributed by atoms with E-state index < -0.39 is 17.4 Å². The smallest absolute Gasteiger partial charge is 0.251 e. The number of hydrogen-bond donors (Lipinski definition) is 2. The first-order valence-corrected chi connectivity index (χ1v) is 6.78. The number of para-hydroxylation sites is 1. The molecular formula is C15H19N3O3. The molecule has 1 aromatic rings. The van der Waals surface area contributed by atoms with E-state index in [4.69, 9.17) is 5.73 Å². The highest BCUT2D eigenvalue weighted by molar-refractivity contribution is 6.22. The molecule has 3 amide bonds. The van der Waals surface area contributed by atoms with Crippen LogP contribution in [0.4, 0.5) is 5.69 Å². The van der Waals surface area contributed by atoms with E-state index >= 15 is 0 Å². The number of nitrogens with one attached hydrogen (secondary N) is 1. The average Bonchev–Trinajstić information content (AvgIpc) is 2.72. The van der Waals surface area contributed by atoms with Gasteiger partial charge in [0, 0.05) is 6.54 Å². The predicted molar refractivity (Wildman–Crippen MR) is 78.3 cm³/mol. The zero-order chi connectivity index (χ0) is 15.6. The summed E-state index contributed by atoms with van der Waals surface area (Å²) in [6.45, 7) is 3.63. The van der Waals surface area contributed by atoms with Gasteiger partial charge in [0.15, 0.2) is 0 Å². The van der Waals surface area contributed by atoms with Crippen LogP contribution in [0.15, 0.2) is 30.3 Å². The third kappa shape index (κ3) is 3.11. The third-order valence-electron chi connectivity index (χ3n) is 3.62. The van der Waals surface area contributed by atoms with E-state index in [0.29, 0.717) is 5.69 Å². The lowest BCUT2D eigenvalue weighted by Gasteiger charge is -2.23. The zero-order valence-corrected chi connectivity index (χ0v) is 12.1. The predicted octanol–water partition coefficient (Wildman–Crippen LogP) is 0.420. The fourth-order valence-electron chi connectivity index (χ4n) is 2.11. The standard InChI is InChI=1S/C15H19N3O3/c1-15(2,14(16)21)9-17-11-8-12(19)18(13(11)20)10-6-4-3-5-7-10/h3-7,11,17H,8-9H2,1-2H3,(H2,16,21). The fourth-order valence-corrected chi connectivity index (χ4v) is 2.11. The lowest BCUT2D eigenvalue weighted by atomic mass is 9.92. The van der Waals surface area contributed by atoms with Gasteiger partial charge in [-0.05, 0) is 26.0 Å². The summed E-state index contributed by atoms with van der Waals surface area (Å²) in [6, 6.07) is 8.17. The summed E-state index contributed by atoms with van der Waals surface area (Å²) in [5, 5.41) is 2.97. The molecule has 112 valence electrons. The molecule has 1 aliphatic rings. The van der Waals surface area contributed by atoms with E-state index in [2.05, 4.69) is 5.32 Å². The van der Waals surface area contributed by atoms with Gasteiger partial charge in [-0.15, -0.1) is 0 Å². The van der Waals surface area contributed by atoms with E-state index in [1.165, 1.54) is 4.90 Å². The second-order valence-corrected chi connectivity index (χ2v) is 5.79. The lowest BCUT2D eigenvalue weighted by Crippen LogP contribution is -2.46. The van der Waals surface area contributed by atoms with Crippen molar-refractivity contribution in [1.29, 1.82) is 0 Å². The molecule has 3 N–H and O–H groups in total. The van der Waals surface area contributed by atoms with E-state index in [0.717, 1.165) is 0 Å². The van der Waals surface area contributed by atoms with Crippen LogP contribution in [-0.4, -0.2) is 30.3 Å². The van der Waals surface area contributed by atoms with Crippen molar-refractivity contribution in [3.8, 4) is 0 Å². The summed E-state index contributed by atoms with van der Waals surface area (Å²) >= 11 is 0. The molecule has 0 radical (unpaired) electrons.